The van der Waals surface area contributed by atoms with Crippen LogP contribution in [0.25, 0.3) is 0 Å². The lowest BCUT2D eigenvalue weighted by atomic mass is 10.1. The average molecular weight is 172 g/mol. The molecule has 0 fully saturated rings. The van der Waals surface area contributed by atoms with Gasteiger partial charge in [-0.1, -0.05) is 6.92 Å². The van der Waals surface area contributed by atoms with Crippen LogP contribution in [0.5, 0.6) is 0 Å². The van der Waals surface area contributed by atoms with Gasteiger partial charge in [0.15, 0.2) is 0 Å². The van der Waals surface area contributed by atoms with Crippen LogP contribution in [0.2, 0.25) is 0 Å². The minimum absolute atomic E-state index is 0.175. The molecule has 0 rings (SSSR count). The Morgan fingerprint density at radius 3 is 2.50 bits per heavy atom. The van der Waals surface area contributed by atoms with E-state index in [9.17, 15) is 4.79 Å². The van der Waals surface area contributed by atoms with E-state index in [0.717, 1.165) is 19.4 Å². The van der Waals surface area contributed by atoms with Crippen molar-refractivity contribution in [1.29, 1.82) is 0 Å². The molecule has 0 aliphatic carbocycles. The van der Waals surface area contributed by atoms with Gasteiger partial charge in [-0.05, 0) is 33.5 Å². The molecule has 0 aromatic rings. The predicted molar refractivity (Wildman–Crippen MR) is 51.1 cm³/mol. The predicted octanol–water partition coefficient (Wildman–Crippen LogP) is 0.635. The van der Waals surface area contributed by atoms with E-state index < -0.39 is 0 Å². The topological polar surface area (TPSA) is 46.3 Å². The third-order valence-electron chi connectivity index (χ3n) is 1.88. The van der Waals surface area contributed by atoms with Gasteiger partial charge >= 0.3 is 0 Å². The minimum Gasteiger partial charge on any atom is -0.322 e. The molecule has 0 saturated heterocycles. The Kier molecular flexibility index (Phi) is 5.93. The van der Waals surface area contributed by atoms with Gasteiger partial charge in [0.05, 0.1) is 6.04 Å². The fourth-order valence-electron chi connectivity index (χ4n) is 1.05. The molecule has 0 saturated carbocycles. The number of ketones is 1. The Morgan fingerprint density at radius 2 is 2.08 bits per heavy atom. The summed E-state index contributed by atoms with van der Waals surface area (Å²) in [5.41, 5.74) is 5.65. The Balaban J connectivity index is 3.43. The van der Waals surface area contributed by atoms with Gasteiger partial charge in [-0.2, -0.15) is 0 Å². The Hall–Kier alpha value is -0.410. The summed E-state index contributed by atoms with van der Waals surface area (Å²) in [6.45, 7) is 2.86. The highest BCUT2D eigenvalue weighted by atomic mass is 16.1. The lowest BCUT2D eigenvalue weighted by molar-refractivity contribution is -0.120. The van der Waals surface area contributed by atoms with E-state index in [4.69, 9.17) is 5.73 Å². The zero-order valence-electron chi connectivity index (χ0n) is 8.34. The van der Waals surface area contributed by atoms with Crippen molar-refractivity contribution in [1.82, 2.24) is 4.90 Å². The first-order valence-electron chi connectivity index (χ1n) is 4.51. The summed E-state index contributed by atoms with van der Waals surface area (Å²) in [4.78, 5) is 13.1. The van der Waals surface area contributed by atoms with E-state index in [2.05, 4.69) is 4.90 Å². The summed E-state index contributed by atoms with van der Waals surface area (Å²) in [5, 5.41) is 0. The van der Waals surface area contributed by atoms with Crippen molar-refractivity contribution in [2.24, 2.45) is 5.73 Å². The molecule has 1 unspecified atom stereocenters. The summed E-state index contributed by atoms with van der Waals surface area (Å²) in [7, 11) is 4.04. The first-order chi connectivity index (χ1) is 5.57. The van der Waals surface area contributed by atoms with Gasteiger partial charge in [0.2, 0.25) is 0 Å². The molecular formula is C9H20N2O. The van der Waals surface area contributed by atoms with E-state index in [1.807, 2.05) is 21.0 Å². The van der Waals surface area contributed by atoms with Crippen LogP contribution in [0.3, 0.4) is 0 Å². The summed E-state index contributed by atoms with van der Waals surface area (Å²) in [6, 6.07) is -0.241. The van der Waals surface area contributed by atoms with Gasteiger partial charge < -0.3 is 10.6 Å². The molecule has 0 aromatic carbocycles. The Labute approximate surface area is 74.9 Å². The summed E-state index contributed by atoms with van der Waals surface area (Å²) >= 11 is 0. The second kappa shape index (κ2) is 6.14. The highest BCUT2D eigenvalue weighted by Gasteiger charge is 2.09. The van der Waals surface area contributed by atoms with Crippen LogP contribution < -0.4 is 5.73 Å². The lowest BCUT2D eigenvalue weighted by Gasteiger charge is -2.12. The number of nitrogens with two attached hydrogens (primary N) is 1. The fourth-order valence-corrected chi connectivity index (χ4v) is 1.05. The first kappa shape index (κ1) is 11.6. The zero-order valence-corrected chi connectivity index (χ0v) is 8.34. The monoisotopic (exact) mass is 172 g/mol. The SMILES string of the molecule is CCC(=O)C(N)CCCN(C)C. The van der Waals surface area contributed by atoms with Gasteiger partial charge in [0.1, 0.15) is 5.78 Å². The molecule has 0 radical (unpaired) electrons. The van der Waals surface area contributed by atoms with E-state index in [1.165, 1.54) is 0 Å². The van der Waals surface area contributed by atoms with Gasteiger partial charge in [0, 0.05) is 6.42 Å². The van der Waals surface area contributed by atoms with E-state index >= 15 is 0 Å². The molecular weight excluding hydrogens is 152 g/mol. The van der Waals surface area contributed by atoms with Crippen molar-refractivity contribution in [3.63, 3.8) is 0 Å². The van der Waals surface area contributed by atoms with Gasteiger partial charge in [-0.3, -0.25) is 4.79 Å². The van der Waals surface area contributed by atoms with Crippen LogP contribution in [-0.2, 0) is 4.79 Å². The van der Waals surface area contributed by atoms with Crippen molar-refractivity contribution in [3.05, 3.63) is 0 Å². The molecule has 12 heavy (non-hydrogen) atoms. The molecule has 0 aliphatic rings. The number of carbonyl (C=O) groups excluding carboxylic acids is 1. The van der Waals surface area contributed by atoms with Crippen molar-refractivity contribution < 1.29 is 4.79 Å². The Bertz CT molecular complexity index is 134. The molecule has 2 N–H and O–H groups in total. The molecule has 3 heteroatoms. The van der Waals surface area contributed by atoms with E-state index in [0.29, 0.717) is 6.42 Å². The molecule has 72 valence electrons. The highest BCUT2D eigenvalue weighted by molar-refractivity contribution is 5.83. The largest absolute Gasteiger partial charge is 0.322 e. The van der Waals surface area contributed by atoms with E-state index in [-0.39, 0.29) is 11.8 Å². The summed E-state index contributed by atoms with van der Waals surface area (Å²) < 4.78 is 0. The first-order valence-corrected chi connectivity index (χ1v) is 4.51. The Morgan fingerprint density at radius 1 is 1.50 bits per heavy atom. The normalized spacial score (nSPS) is 13.4. The third-order valence-corrected chi connectivity index (χ3v) is 1.88. The number of nitrogens with zero attached hydrogens (tertiary/aromatic N) is 1. The van der Waals surface area contributed by atoms with Crippen molar-refractivity contribution in [2.75, 3.05) is 20.6 Å². The van der Waals surface area contributed by atoms with Crippen molar-refractivity contribution in [3.8, 4) is 0 Å². The summed E-state index contributed by atoms with van der Waals surface area (Å²) in [5.74, 6) is 0.175. The van der Waals surface area contributed by atoms with Crippen molar-refractivity contribution >= 4 is 5.78 Å². The number of rotatable bonds is 6. The lowest BCUT2D eigenvalue weighted by Crippen LogP contribution is -2.30. The molecule has 0 aliphatic heterocycles. The number of hydrogen-bond acceptors (Lipinski definition) is 3. The molecule has 0 spiro atoms. The third kappa shape index (κ3) is 5.27. The van der Waals surface area contributed by atoms with Gasteiger partial charge in [-0.15, -0.1) is 0 Å². The quantitative estimate of drug-likeness (QED) is 0.639. The van der Waals surface area contributed by atoms with Gasteiger partial charge in [0.25, 0.3) is 0 Å². The van der Waals surface area contributed by atoms with Crippen LogP contribution in [0.15, 0.2) is 0 Å². The summed E-state index contributed by atoms with van der Waals surface area (Å²) in [6.07, 6.45) is 2.37. The van der Waals surface area contributed by atoms with Gasteiger partial charge in [-0.25, -0.2) is 0 Å². The maximum Gasteiger partial charge on any atom is 0.149 e. The molecule has 0 amide bonds. The number of carbonyl (C=O) groups is 1. The van der Waals surface area contributed by atoms with Crippen LogP contribution in [0.1, 0.15) is 26.2 Å². The zero-order chi connectivity index (χ0) is 9.56. The minimum atomic E-state index is -0.241. The average Bonchev–Trinajstić information content (AvgIpc) is 2.02. The van der Waals surface area contributed by atoms with Crippen LogP contribution in [-0.4, -0.2) is 37.4 Å². The standard InChI is InChI=1S/C9H20N2O/c1-4-9(12)8(10)6-5-7-11(2)3/h8H,4-7,10H2,1-3H3. The number of Topliss-reactive ketones (excluding diaryl/α,β-unsaturated/α-hetero) is 1. The molecule has 0 aromatic heterocycles. The van der Waals surface area contributed by atoms with Crippen LogP contribution in [0.4, 0.5) is 0 Å². The van der Waals surface area contributed by atoms with Crippen LogP contribution in [0, 0.1) is 0 Å². The number of hydrogen-bond donors (Lipinski definition) is 1. The maximum atomic E-state index is 11.0. The second-order valence-corrected chi connectivity index (χ2v) is 3.37. The van der Waals surface area contributed by atoms with Crippen molar-refractivity contribution in [2.45, 2.75) is 32.2 Å². The van der Waals surface area contributed by atoms with E-state index in [1.54, 1.807) is 0 Å². The molecule has 1 atom stereocenters. The second-order valence-electron chi connectivity index (χ2n) is 3.37. The fraction of sp³-hybridized carbons (Fsp3) is 0.889. The smallest absolute Gasteiger partial charge is 0.149 e. The molecule has 3 nitrogen and oxygen atoms in total. The highest BCUT2D eigenvalue weighted by Crippen LogP contribution is 1.98. The van der Waals surface area contributed by atoms with Crippen LogP contribution >= 0.6 is 0 Å². The molecule has 0 bridgehead atoms. The molecule has 0 heterocycles. The maximum absolute atomic E-state index is 11.0.